The van der Waals surface area contributed by atoms with E-state index in [0.717, 1.165) is 37.7 Å². The molecule has 4 atom stereocenters. The monoisotopic (exact) mass is 668 g/mol. The van der Waals surface area contributed by atoms with Crippen molar-refractivity contribution in [1.29, 1.82) is 0 Å². The maximum Gasteiger partial charge on any atom is 0.310 e. The molecular formula is C38H50Cl2N2O4. The van der Waals surface area contributed by atoms with Gasteiger partial charge in [0.05, 0.1) is 18.6 Å². The molecule has 1 heterocycles. The quantitative estimate of drug-likeness (QED) is 0.270. The summed E-state index contributed by atoms with van der Waals surface area (Å²) in [4.78, 5) is 44.7. The lowest BCUT2D eigenvalue weighted by Gasteiger charge is -2.50. The second-order valence-electron chi connectivity index (χ2n) is 15.0. The Morgan fingerprint density at radius 3 is 2.13 bits per heavy atom. The van der Waals surface area contributed by atoms with Crippen LogP contribution in [-0.2, 0) is 14.3 Å². The molecule has 8 heteroatoms. The van der Waals surface area contributed by atoms with Crippen LogP contribution < -0.4 is 5.32 Å². The van der Waals surface area contributed by atoms with Crippen LogP contribution in [0.15, 0.2) is 47.5 Å². The third-order valence-electron chi connectivity index (χ3n) is 10.4. The number of benzene rings is 2. The highest BCUT2D eigenvalue weighted by atomic mass is 35.5. The molecule has 6 nitrogen and oxygen atoms in total. The summed E-state index contributed by atoms with van der Waals surface area (Å²) in [6.45, 7) is 15.4. The van der Waals surface area contributed by atoms with Crippen molar-refractivity contribution in [2.75, 3.05) is 13.7 Å². The molecule has 1 aliphatic heterocycles. The minimum Gasteiger partial charge on any atom is -0.469 e. The third-order valence-corrected chi connectivity index (χ3v) is 10.8. The Bertz CT molecular complexity index is 1430. The van der Waals surface area contributed by atoms with Gasteiger partial charge in [0.2, 0.25) is 0 Å². The van der Waals surface area contributed by atoms with Gasteiger partial charge in [-0.2, -0.15) is 0 Å². The first-order valence-electron chi connectivity index (χ1n) is 16.6. The number of aliphatic imine (C=N–C) groups is 1. The summed E-state index contributed by atoms with van der Waals surface area (Å²) in [5, 5.41) is 3.78. The molecule has 4 unspecified atom stereocenters. The number of halogens is 2. The molecule has 1 N–H and O–H groups in total. The normalized spacial score (nSPS) is 24.8. The molecule has 250 valence electrons. The molecule has 0 saturated heterocycles. The Hall–Kier alpha value is -2.70. The lowest BCUT2D eigenvalue weighted by atomic mass is 9.57. The Morgan fingerprint density at radius 2 is 1.61 bits per heavy atom. The molecular weight excluding hydrogens is 619 g/mol. The number of hydrogen-bond donors (Lipinski definition) is 1. The number of esters is 1. The van der Waals surface area contributed by atoms with Gasteiger partial charge in [-0.15, -0.1) is 0 Å². The zero-order valence-corrected chi connectivity index (χ0v) is 30.1. The van der Waals surface area contributed by atoms with Gasteiger partial charge < -0.3 is 10.1 Å². The molecule has 0 aromatic heterocycles. The number of ether oxygens (including phenoxy) is 1. The van der Waals surface area contributed by atoms with Gasteiger partial charge in [0.15, 0.2) is 5.78 Å². The first-order chi connectivity index (χ1) is 21.6. The summed E-state index contributed by atoms with van der Waals surface area (Å²) < 4.78 is 4.77. The SMILES string of the molecule is COC(=O)C(C)CNC(=O)c1ccc(C(CC(C)C)C2C(=O)C(c3cc(Cl)cc(Cl)c3)=NC3(CCC(C(C)(C)C)CC3)C2C)cc1. The minimum absolute atomic E-state index is 0.0193. The number of methoxy groups -OCH3 is 1. The van der Waals surface area contributed by atoms with E-state index < -0.39 is 5.92 Å². The van der Waals surface area contributed by atoms with E-state index in [1.54, 1.807) is 25.1 Å². The van der Waals surface area contributed by atoms with Crippen LogP contribution in [-0.4, -0.2) is 42.6 Å². The smallest absolute Gasteiger partial charge is 0.310 e. The van der Waals surface area contributed by atoms with Crippen LogP contribution in [0.1, 0.15) is 108 Å². The predicted octanol–water partition coefficient (Wildman–Crippen LogP) is 8.96. The van der Waals surface area contributed by atoms with Gasteiger partial charge in [0.25, 0.3) is 5.91 Å². The highest BCUT2D eigenvalue weighted by molar-refractivity contribution is 6.48. The number of carbonyl (C=O) groups excluding carboxylic acids is 3. The zero-order valence-electron chi connectivity index (χ0n) is 28.6. The first-order valence-corrected chi connectivity index (χ1v) is 17.4. The van der Waals surface area contributed by atoms with Gasteiger partial charge in [0.1, 0.15) is 5.71 Å². The molecule has 2 aromatic carbocycles. The van der Waals surface area contributed by atoms with Crippen LogP contribution in [0.2, 0.25) is 10.0 Å². The van der Waals surface area contributed by atoms with Crippen molar-refractivity contribution in [2.45, 2.75) is 92.0 Å². The van der Waals surface area contributed by atoms with Gasteiger partial charge in [-0.3, -0.25) is 19.4 Å². The summed E-state index contributed by atoms with van der Waals surface area (Å²) in [7, 11) is 1.34. The van der Waals surface area contributed by atoms with Crippen LogP contribution >= 0.6 is 23.2 Å². The Morgan fingerprint density at radius 1 is 1.02 bits per heavy atom. The number of nitrogens with zero attached hydrogens (tertiary/aromatic N) is 1. The van der Waals surface area contributed by atoms with Crippen molar-refractivity contribution >= 4 is 46.6 Å². The molecule has 1 spiro atoms. The molecule has 1 aliphatic carbocycles. The molecule has 46 heavy (non-hydrogen) atoms. The fraction of sp³-hybridized carbons (Fsp3) is 0.579. The van der Waals surface area contributed by atoms with Gasteiger partial charge >= 0.3 is 5.97 Å². The van der Waals surface area contributed by atoms with Gasteiger partial charge in [0, 0.05) is 33.6 Å². The summed E-state index contributed by atoms with van der Waals surface area (Å²) in [6, 6.07) is 12.9. The zero-order chi connectivity index (χ0) is 34.0. The molecule has 0 radical (unpaired) electrons. The fourth-order valence-electron chi connectivity index (χ4n) is 7.59. The number of nitrogens with one attached hydrogen (secondary N) is 1. The molecule has 0 bridgehead atoms. The fourth-order valence-corrected chi connectivity index (χ4v) is 8.12. The number of Topliss-reactive ketones (excluding diaryl/α,β-unsaturated/α-hetero) is 1. The lowest BCUT2D eigenvalue weighted by Crippen LogP contribution is -2.53. The van der Waals surface area contributed by atoms with Gasteiger partial charge in [-0.1, -0.05) is 83.8 Å². The first kappa shape index (κ1) is 36.1. The van der Waals surface area contributed by atoms with Crippen molar-refractivity contribution in [3.05, 3.63) is 69.2 Å². The molecule has 2 aromatic rings. The maximum absolute atomic E-state index is 14.7. The highest BCUT2D eigenvalue weighted by Crippen LogP contribution is 2.53. The van der Waals surface area contributed by atoms with Crippen molar-refractivity contribution in [3.8, 4) is 0 Å². The van der Waals surface area contributed by atoms with E-state index >= 15 is 0 Å². The average molecular weight is 670 g/mol. The number of ketones is 1. The summed E-state index contributed by atoms with van der Waals surface area (Å²) in [5.74, 6) is -0.471. The van der Waals surface area contributed by atoms with E-state index in [4.69, 9.17) is 32.9 Å². The second kappa shape index (κ2) is 14.6. The summed E-state index contributed by atoms with van der Waals surface area (Å²) in [6.07, 6.45) is 4.79. The van der Waals surface area contributed by atoms with Gasteiger partial charge in [-0.05, 0) is 97.1 Å². The van der Waals surface area contributed by atoms with E-state index in [-0.39, 0.29) is 52.9 Å². The van der Waals surface area contributed by atoms with Crippen LogP contribution in [0, 0.1) is 35.0 Å². The topological polar surface area (TPSA) is 84.8 Å². The summed E-state index contributed by atoms with van der Waals surface area (Å²) in [5.41, 5.74) is 2.53. The largest absolute Gasteiger partial charge is 0.469 e. The standard InChI is InChI=1S/C38H50Cl2N2O4/c1-22(2)17-31(25-9-11-26(12-10-25)35(44)41-21-23(3)36(45)46-8)32-24(4)38(15-13-28(14-16-38)37(5,6)7)42-33(34(32)43)27-18-29(39)20-30(40)19-27/h9-12,18-20,22-24,28,31-32H,13-17,21H2,1-8H3,(H,41,44). The van der Waals surface area contributed by atoms with Crippen LogP contribution in [0.3, 0.4) is 0 Å². The van der Waals surface area contributed by atoms with Crippen LogP contribution in [0.4, 0.5) is 0 Å². The number of carbonyl (C=O) groups is 3. The minimum atomic E-state index is -0.446. The van der Waals surface area contributed by atoms with E-state index in [0.29, 0.717) is 38.7 Å². The molecule has 1 fully saturated rings. The predicted molar refractivity (Wildman–Crippen MR) is 187 cm³/mol. The number of rotatable bonds is 9. The van der Waals surface area contributed by atoms with E-state index in [9.17, 15) is 14.4 Å². The maximum atomic E-state index is 14.7. The number of hydrogen-bond acceptors (Lipinski definition) is 5. The van der Waals surface area contributed by atoms with Crippen LogP contribution in [0.25, 0.3) is 0 Å². The van der Waals surface area contributed by atoms with Gasteiger partial charge in [-0.25, -0.2) is 0 Å². The molecule has 4 rings (SSSR count). The Kier molecular flexibility index (Phi) is 11.5. The third kappa shape index (κ3) is 8.05. The lowest BCUT2D eigenvalue weighted by molar-refractivity contribution is -0.144. The Balaban J connectivity index is 1.72. The van der Waals surface area contributed by atoms with E-state index in [1.807, 2.05) is 24.3 Å². The van der Waals surface area contributed by atoms with Crippen molar-refractivity contribution in [3.63, 3.8) is 0 Å². The van der Waals surface area contributed by atoms with E-state index in [1.165, 1.54) is 7.11 Å². The Labute approximate surface area is 285 Å². The van der Waals surface area contributed by atoms with Crippen molar-refractivity contribution < 1.29 is 19.1 Å². The van der Waals surface area contributed by atoms with E-state index in [2.05, 4.69) is 46.9 Å². The van der Waals surface area contributed by atoms with Crippen molar-refractivity contribution in [2.24, 2.45) is 40.0 Å². The number of amides is 1. The molecule has 2 aliphatic rings. The second-order valence-corrected chi connectivity index (χ2v) is 15.9. The van der Waals surface area contributed by atoms with Crippen LogP contribution in [0.5, 0.6) is 0 Å². The van der Waals surface area contributed by atoms with Crippen molar-refractivity contribution in [1.82, 2.24) is 5.32 Å². The highest BCUT2D eigenvalue weighted by Gasteiger charge is 2.52. The average Bonchev–Trinajstić information content (AvgIpc) is 3.00. The molecule has 1 saturated carbocycles. The molecule has 1 amide bonds. The summed E-state index contributed by atoms with van der Waals surface area (Å²) >= 11 is 12.9.